The summed E-state index contributed by atoms with van der Waals surface area (Å²) in [7, 11) is 0. The fraction of sp³-hybridized carbons (Fsp3) is 0.0392. The van der Waals surface area contributed by atoms with Crippen LogP contribution in [0, 0.1) is 0 Å². The first kappa shape index (κ1) is 29.9. The summed E-state index contributed by atoms with van der Waals surface area (Å²) in [5, 5.41) is 10.2. The van der Waals surface area contributed by atoms with Crippen LogP contribution in [-0.4, -0.2) is 10.3 Å². The van der Waals surface area contributed by atoms with Crippen molar-refractivity contribution in [3.8, 4) is 16.8 Å². The maximum Gasteiger partial charge on any atom is 0.0700 e. The van der Waals surface area contributed by atoms with Crippen molar-refractivity contribution >= 4 is 65.5 Å². The van der Waals surface area contributed by atoms with Gasteiger partial charge in [-0.3, -0.25) is 4.99 Å². The smallest absolute Gasteiger partial charge is 0.0700 e. The van der Waals surface area contributed by atoms with E-state index in [-0.39, 0.29) is 0 Å². The number of aromatic nitrogens is 1. The van der Waals surface area contributed by atoms with E-state index in [4.69, 9.17) is 4.99 Å². The molecule has 0 amide bonds. The maximum absolute atomic E-state index is 5.43. The minimum Gasteiger partial charge on any atom is -0.309 e. The van der Waals surface area contributed by atoms with Crippen LogP contribution in [0.1, 0.15) is 23.6 Å². The second-order valence-electron chi connectivity index (χ2n) is 14.4. The van der Waals surface area contributed by atoms with Gasteiger partial charge in [-0.2, -0.15) is 0 Å². The Morgan fingerprint density at radius 1 is 0.415 bits per heavy atom. The predicted octanol–water partition coefficient (Wildman–Crippen LogP) is 13.4. The highest BCUT2D eigenvalue weighted by molar-refractivity contribution is 6.26. The Labute approximate surface area is 307 Å². The molecule has 11 rings (SSSR count). The minimum absolute atomic E-state index is 0.471. The van der Waals surface area contributed by atoms with E-state index in [0.717, 1.165) is 22.6 Å². The number of rotatable bonds is 4. The summed E-state index contributed by atoms with van der Waals surface area (Å²) in [5.74, 6) is 0. The molecule has 0 spiro atoms. The summed E-state index contributed by atoms with van der Waals surface area (Å²) in [6.07, 6.45) is 0. The molecule has 0 fully saturated rings. The predicted molar refractivity (Wildman–Crippen MR) is 224 cm³/mol. The quantitative estimate of drug-likeness (QED) is 0.165. The number of hydrogen-bond acceptors (Lipinski definition) is 1. The molecule has 10 aromatic rings. The van der Waals surface area contributed by atoms with E-state index in [9.17, 15) is 0 Å². The molecule has 2 heterocycles. The lowest BCUT2D eigenvalue weighted by molar-refractivity contribution is 0.797. The van der Waals surface area contributed by atoms with Crippen LogP contribution in [0.5, 0.6) is 0 Å². The van der Waals surface area contributed by atoms with Gasteiger partial charge in [0, 0.05) is 22.0 Å². The van der Waals surface area contributed by atoms with Gasteiger partial charge in [0.2, 0.25) is 0 Å². The number of benzene rings is 9. The zero-order chi connectivity index (χ0) is 35.1. The monoisotopic (exact) mass is 674 g/mol. The van der Waals surface area contributed by atoms with Crippen LogP contribution in [0.25, 0.3) is 70.9 Å². The van der Waals surface area contributed by atoms with Gasteiger partial charge in [-0.05, 0) is 91.8 Å². The van der Waals surface area contributed by atoms with Crippen molar-refractivity contribution in [3.63, 3.8) is 0 Å². The Morgan fingerprint density at radius 2 is 0.943 bits per heavy atom. The Balaban J connectivity index is 1.12. The SMILES string of the molecule is CC1(c2ccccc2)C(c2ccccc2)=Nc2ccc3c4ccccc4n(-c4ccc(-c5ccc6c7ccccc7c7ccccc7c6c5)cc4)c3c21. The molecule has 53 heavy (non-hydrogen) atoms. The van der Waals surface area contributed by atoms with E-state index >= 15 is 0 Å². The van der Waals surface area contributed by atoms with Crippen LogP contribution in [0.15, 0.2) is 193 Å². The van der Waals surface area contributed by atoms with E-state index in [1.807, 2.05) is 0 Å². The highest BCUT2D eigenvalue weighted by Crippen LogP contribution is 2.51. The van der Waals surface area contributed by atoms with Gasteiger partial charge in [0.05, 0.1) is 27.8 Å². The van der Waals surface area contributed by atoms with Gasteiger partial charge >= 0.3 is 0 Å². The fourth-order valence-electron chi connectivity index (χ4n) is 9.14. The van der Waals surface area contributed by atoms with Crippen molar-refractivity contribution in [2.45, 2.75) is 12.3 Å². The van der Waals surface area contributed by atoms with E-state index in [1.54, 1.807) is 0 Å². The molecule has 9 aromatic carbocycles. The highest BCUT2D eigenvalue weighted by atomic mass is 15.0. The van der Waals surface area contributed by atoms with Crippen LogP contribution in [0.4, 0.5) is 5.69 Å². The van der Waals surface area contributed by atoms with Crippen molar-refractivity contribution in [2.75, 3.05) is 0 Å². The third-order valence-electron chi connectivity index (χ3n) is 11.6. The summed E-state index contributed by atoms with van der Waals surface area (Å²) in [6.45, 7) is 2.36. The van der Waals surface area contributed by atoms with Gasteiger partial charge in [-0.25, -0.2) is 0 Å². The Hall–Kier alpha value is -6.77. The molecule has 1 aliphatic rings. The maximum atomic E-state index is 5.43. The molecular formula is C51H34N2. The second-order valence-corrected chi connectivity index (χ2v) is 14.4. The number of hydrogen-bond donors (Lipinski definition) is 0. The highest BCUT2D eigenvalue weighted by Gasteiger charge is 2.44. The molecule has 1 atom stereocenters. The van der Waals surface area contributed by atoms with E-state index < -0.39 is 5.41 Å². The first-order chi connectivity index (χ1) is 26.2. The summed E-state index contributed by atoms with van der Waals surface area (Å²) in [5.41, 5.74) is 11.2. The van der Waals surface area contributed by atoms with Crippen LogP contribution in [0.3, 0.4) is 0 Å². The summed E-state index contributed by atoms with van der Waals surface area (Å²) >= 11 is 0. The molecule has 0 bridgehead atoms. The van der Waals surface area contributed by atoms with Crippen molar-refractivity contribution in [1.29, 1.82) is 0 Å². The van der Waals surface area contributed by atoms with Gasteiger partial charge in [0.25, 0.3) is 0 Å². The van der Waals surface area contributed by atoms with Gasteiger partial charge in [0.1, 0.15) is 0 Å². The largest absolute Gasteiger partial charge is 0.309 e. The molecule has 1 unspecified atom stereocenters. The van der Waals surface area contributed by atoms with Crippen LogP contribution >= 0.6 is 0 Å². The summed E-state index contributed by atoms with van der Waals surface area (Å²) < 4.78 is 2.47. The number of aliphatic imine (C=N–C) groups is 1. The average molecular weight is 675 g/mol. The third-order valence-corrected chi connectivity index (χ3v) is 11.6. The van der Waals surface area contributed by atoms with Crippen LogP contribution in [0.2, 0.25) is 0 Å². The zero-order valence-electron chi connectivity index (χ0n) is 29.3. The van der Waals surface area contributed by atoms with Crippen molar-refractivity contribution in [1.82, 2.24) is 4.57 Å². The normalized spacial score (nSPS) is 15.5. The van der Waals surface area contributed by atoms with Gasteiger partial charge in [-0.1, -0.05) is 158 Å². The lowest BCUT2D eigenvalue weighted by Crippen LogP contribution is -2.32. The second kappa shape index (κ2) is 11.4. The van der Waals surface area contributed by atoms with E-state index in [1.165, 1.54) is 76.4 Å². The molecule has 2 nitrogen and oxygen atoms in total. The Bertz CT molecular complexity index is 3060. The fourth-order valence-corrected chi connectivity index (χ4v) is 9.14. The lowest BCUT2D eigenvalue weighted by atomic mass is 9.71. The third kappa shape index (κ3) is 4.30. The lowest BCUT2D eigenvalue weighted by Gasteiger charge is -2.30. The van der Waals surface area contributed by atoms with Crippen LogP contribution < -0.4 is 0 Å². The number of nitrogens with zero attached hydrogens (tertiary/aromatic N) is 2. The molecule has 0 aliphatic carbocycles. The first-order valence-corrected chi connectivity index (χ1v) is 18.4. The summed E-state index contributed by atoms with van der Waals surface area (Å²) in [4.78, 5) is 5.43. The average Bonchev–Trinajstić information content (AvgIpc) is 3.74. The molecule has 2 heteroatoms. The molecule has 1 aromatic heterocycles. The molecule has 0 radical (unpaired) electrons. The zero-order valence-corrected chi connectivity index (χ0v) is 29.3. The number of para-hydroxylation sites is 1. The van der Waals surface area contributed by atoms with Gasteiger partial charge < -0.3 is 4.57 Å². The minimum atomic E-state index is -0.471. The molecule has 0 saturated carbocycles. The summed E-state index contributed by atoms with van der Waals surface area (Å²) in [6, 6.07) is 68.6. The van der Waals surface area contributed by atoms with Crippen molar-refractivity contribution in [3.05, 3.63) is 205 Å². The molecule has 1 aliphatic heterocycles. The molecule has 248 valence electrons. The number of fused-ring (bicyclic) bond motifs is 11. The molecular weight excluding hydrogens is 641 g/mol. The molecule has 0 N–H and O–H groups in total. The van der Waals surface area contributed by atoms with E-state index in [2.05, 4.69) is 200 Å². The van der Waals surface area contributed by atoms with Crippen molar-refractivity contribution in [2.24, 2.45) is 4.99 Å². The van der Waals surface area contributed by atoms with Gasteiger partial charge in [0.15, 0.2) is 0 Å². The molecule has 0 saturated heterocycles. The standard InChI is InChI=1S/C51H34N2/c1-51(36-16-6-3-7-17-36)48-46(52-50(51)34-14-4-2-5-15-34)31-30-44-43-22-12-13-23-47(43)53(49(44)48)37-27-24-33(25-28-37)35-26-29-42-40-20-9-8-18-38(40)39-19-10-11-21-41(39)45(42)32-35/h2-32H,1H3. The Morgan fingerprint density at radius 3 is 1.62 bits per heavy atom. The first-order valence-electron chi connectivity index (χ1n) is 18.4. The topological polar surface area (TPSA) is 17.3 Å². The van der Waals surface area contributed by atoms with Crippen LogP contribution in [-0.2, 0) is 5.41 Å². The Kier molecular flexibility index (Phi) is 6.41. The van der Waals surface area contributed by atoms with Gasteiger partial charge in [-0.15, -0.1) is 0 Å². The van der Waals surface area contributed by atoms with E-state index in [0.29, 0.717) is 0 Å². The van der Waals surface area contributed by atoms with Crippen molar-refractivity contribution < 1.29 is 0 Å².